The molecular formula is C21H25N5O. The van der Waals surface area contributed by atoms with Crippen LogP contribution in [0.5, 0.6) is 0 Å². The number of rotatable bonds is 4. The second-order valence-electron chi connectivity index (χ2n) is 7.24. The Hall–Kier alpha value is -2.73. The SMILES string of the molecule is Cc1nc(C(=O)N2CCC(C(CN)c3ccccc3)CC2)c2cc[nH]c2n1. The van der Waals surface area contributed by atoms with E-state index in [-0.39, 0.29) is 5.91 Å². The van der Waals surface area contributed by atoms with E-state index in [0.29, 0.717) is 35.5 Å². The molecule has 1 aliphatic heterocycles. The number of aromatic amines is 1. The minimum absolute atomic E-state index is 0.00689. The average Bonchev–Trinajstić information content (AvgIpc) is 3.17. The monoisotopic (exact) mass is 363 g/mol. The molecule has 6 heteroatoms. The Morgan fingerprint density at radius 2 is 1.96 bits per heavy atom. The van der Waals surface area contributed by atoms with E-state index in [9.17, 15) is 4.79 Å². The number of aryl methyl sites for hydroxylation is 1. The van der Waals surface area contributed by atoms with E-state index in [1.807, 2.05) is 24.0 Å². The van der Waals surface area contributed by atoms with E-state index in [4.69, 9.17) is 5.73 Å². The van der Waals surface area contributed by atoms with Gasteiger partial charge in [-0.1, -0.05) is 30.3 Å². The first-order chi connectivity index (χ1) is 13.2. The maximum atomic E-state index is 13.1. The molecule has 3 N–H and O–H groups in total. The van der Waals surface area contributed by atoms with Gasteiger partial charge in [-0.25, -0.2) is 9.97 Å². The number of piperidine rings is 1. The molecule has 1 aliphatic rings. The van der Waals surface area contributed by atoms with Crippen LogP contribution in [0.25, 0.3) is 11.0 Å². The van der Waals surface area contributed by atoms with Crippen molar-refractivity contribution in [2.75, 3.05) is 19.6 Å². The number of carbonyl (C=O) groups is 1. The first kappa shape index (κ1) is 17.7. The first-order valence-electron chi connectivity index (χ1n) is 9.53. The number of nitrogens with two attached hydrogens (primary N) is 1. The van der Waals surface area contributed by atoms with Crippen LogP contribution in [-0.2, 0) is 0 Å². The van der Waals surface area contributed by atoms with Gasteiger partial charge in [-0.15, -0.1) is 0 Å². The van der Waals surface area contributed by atoms with Gasteiger partial charge in [0.2, 0.25) is 0 Å². The van der Waals surface area contributed by atoms with Crippen LogP contribution in [0.15, 0.2) is 42.6 Å². The standard InChI is InChI=1S/C21H25N5O/c1-14-24-19(17-7-10-23-20(17)25-14)21(27)26-11-8-16(9-12-26)18(13-22)15-5-3-2-4-6-15/h2-7,10,16,18H,8-9,11-13,22H2,1H3,(H,23,24,25). The third-order valence-electron chi connectivity index (χ3n) is 5.61. The number of likely N-dealkylation sites (tertiary alicyclic amines) is 1. The minimum Gasteiger partial charge on any atom is -0.346 e. The Labute approximate surface area is 158 Å². The summed E-state index contributed by atoms with van der Waals surface area (Å²) in [5.74, 6) is 1.45. The molecule has 3 heterocycles. The lowest BCUT2D eigenvalue weighted by molar-refractivity contribution is 0.0674. The van der Waals surface area contributed by atoms with Gasteiger partial charge in [0.25, 0.3) is 5.91 Å². The highest BCUT2D eigenvalue weighted by atomic mass is 16.2. The third-order valence-corrected chi connectivity index (χ3v) is 5.61. The fraction of sp³-hybridized carbons (Fsp3) is 0.381. The molecule has 1 atom stereocenters. The quantitative estimate of drug-likeness (QED) is 0.746. The number of nitrogens with one attached hydrogen (secondary N) is 1. The molecule has 140 valence electrons. The van der Waals surface area contributed by atoms with Crippen LogP contribution in [0.2, 0.25) is 0 Å². The second-order valence-corrected chi connectivity index (χ2v) is 7.24. The maximum absolute atomic E-state index is 13.1. The largest absolute Gasteiger partial charge is 0.346 e. The highest BCUT2D eigenvalue weighted by Gasteiger charge is 2.30. The summed E-state index contributed by atoms with van der Waals surface area (Å²) in [6.07, 6.45) is 3.72. The van der Waals surface area contributed by atoms with Crippen LogP contribution >= 0.6 is 0 Å². The van der Waals surface area contributed by atoms with Crippen LogP contribution in [0.3, 0.4) is 0 Å². The zero-order valence-electron chi connectivity index (χ0n) is 15.6. The number of nitrogens with zero attached hydrogens (tertiary/aromatic N) is 3. The average molecular weight is 363 g/mol. The molecule has 0 saturated carbocycles. The molecule has 0 aliphatic carbocycles. The summed E-state index contributed by atoms with van der Waals surface area (Å²) >= 11 is 0. The van der Waals surface area contributed by atoms with Crippen molar-refractivity contribution in [1.29, 1.82) is 0 Å². The van der Waals surface area contributed by atoms with Crippen molar-refractivity contribution in [3.63, 3.8) is 0 Å². The van der Waals surface area contributed by atoms with Crippen molar-refractivity contribution in [2.45, 2.75) is 25.7 Å². The molecule has 1 amide bonds. The molecule has 27 heavy (non-hydrogen) atoms. The minimum atomic E-state index is -0.00689. The Morgan fingerprint density at radius 1 is 1.22 bits per heavy atom. The predicted octanol–water partition coefficient (Wildman–Crippen LogP) is 2.86. The van der Waals surface area contributed by atoms with Crippen LogP contribution < -0.4 is 5.73 Å². The third kappa shape index (κ3) is 3.45. The van der Waals surface area contributed by atoms with E-state index in [1.165, 1.54) is 5.56 Å². The van der Waals surface area contributed by atoms with Crippen molar-refractivity contribution < 1.29 is 4.79 Å². The lowest BCUT2D eigenvalue weighted by atomic mass is 9.80. The normalized spacial score (nSPS) is 16.6. The van der Waals surface area contributed by atoms with Gasteiger partial charge in [0.15, 0.2) is 0 Å². The topological polar surface area (TPSA) is 87.9 Å². The number of benzene rings is 1. The summed E-state index contributed by atoms with van der Waals surface area (Å²) in [7, 11) is 0. The number of hydrogen-bond acceptors (Lipinski definition) is 4. The van der Waals surface area contributed by atoms with Crippen LogP contribution in [0.4, 0.5) is 0 Å². The molecule has 1 fully saturated rings. The molecule has 0 bridgehead atoms. The predicted molar refractivity (Wildman–Crippen MR) is 105 cm³/mol. The summed E-state index contributed by atoms with van der Waals surface area (Å²) in [5.41, 5.74) is 8.60. The Morgan fingerprint density at radius 3 is 2.67 bits per heavy atom. The van der Waals surface area contributed by atoms with E-state index >= 15 is 0 Å². The van der Waals surface area contributed by atoms with Gasteiger partial charge in [-0.2, -0.15) is 0 Å². The zero-order chi connectivity index (χ0) is 18.8. The van der Waals surface area contributed by atoms with Gasteiger partial charge >= 0.3 is 0 Å². The van der Waals surface area contributed by atoms with E-state index in [2.05, 4.69) is 39.2 Å². The molecule has 6 nitrogen and oxygen atoms in total. The van der Waals surface area contributed by atoms with E-state index < -0.39 is 0 Å². The summed E-state index contributed by atoms with van der Waals surface area (Å²) < 4.78 is 0. The van der Waals surface area contributed by atoms with Gasteiger partial charge < -0.3 is 15.6 Å². The van der Waals surface area contributed by atoms with Crippen LogP contribution in [0, 0.1) is 12.8 Å². The van der Waals surface area contributed by atoms with Gasteiger partial charge in [0.1, 0.15) is 17.2 Å². The van der Waals surface area contributed by atoms with Gasteiger partial charge in [-0.3, -0.25) is 4.79 Å². The van der Waals surface area contributed by atoms with Crippen LogP contribution in [0.1, 0.15) is 40.6 Å². The number of carbonyl (C=O) groups excluding carboxylic acids is 1. The molecular weight excluding hydrogens is 338 g/mol. The number of aromatic nitrogens is 3. The van der Waals surface area contributed by atoms with Crippen molar-refractivity contribution >= 4 is 16.9 Å². The number of fused-ring (bicyclic) bond motifs is 1. The zero-order valence-corrected chi connectivity index (χ0v) is 15.6. The Bertz CT molecular complexity index is 928. The van der Waals surface area contributed by atoms with Crippen molar-refractivity contribution in [3.8, 4) is 0 Å². The maximum Gasteiger partial charge on any atom is 0.273 e. The number of H-pyrrole nitrogens is 1. The fourth-order valence-corrected chi connectivity index (χ4v) is 4.17. The van der Waals surface area contributed by atoms with Gasteiger partial charge in [0, 0.05) is 19.3 Å². The second kappa shape index (κ2) is 7.48. The molecule has 1 unspecified atom stereocenters. The Balaban J connectivity index is 1.49. The molecule has 0 spiro atoms. The summed E-state index contributed by atoms with van der Waals surface area (Å²) in [5, 5.41) is 0.789. The van der Waals surface area contributed by atoms with E-state index in [1.54, 1.807) is 6.20 Å². The summed E-state index contributed by atoms with van der Waals surface area (Å²) in [6, 6.07) is 12.3. The summed E-state index contributed by atoms with van der Waals surface area (Å²) in [4.78, 5) is 26.8. The molecule has 1 aromatic carbocycles. The fourth-order valence-electron chi connectivity index (χ4n) is 4.17. The van der Waals surface area contributed by atoms with Crippen molar-refractivity contribution in [3.05, 3.63) is 59.7 Å². The number of amides is 1. The van der Waals surface area contributed by atoms with Crippen LogP contribution in [-0.4, -0.2) is 45.4 Å². The van der Waals surface area contributed by atoms with Crippen molar-refractivity contribution in [2.24, 2.45) is 11.7 Å². The molecule has 0 radical (unpaired) electrons. The van der Waals surface area contributed by atoms with Gasteiger partial charge in [0.05, 0.1) is 5.39 Å². The molecule has 2 aromatic heterocycles. The Kier molecular flexibility index (Phi) is 4.90. The molecule has 1 saturated heterocycles. The molecule has 3 aromatic rings. The lowest BCUT2D eigenvalue weighted by Gasteiger charge is -2.36. The molecule has 4 rings (SSSR count). The first-order valence-corrected chi connectivity index (χ1v) is 9.53. The number of hydrogen-bond donors (Lipinski definition) is 2. The van der Waals surface area contributed by atoms with Gasteiger partial charge in [-0.05, 0) is 49.8 Å². The summed E-state index contributed by atoms with van der Waals surface area (Å²) in [6.45, 7) is 3.93. The lowest BCUT2D eigenvalue weighted by Crippen LogP contribution is -2.41. The highest BCUT2D eigenvalue weighted by Crippen LogP contribution is 2.32. The highest BCUT2D eigenvalue weighted by molar-refractivity contribution is 6.03. The van der Waals surface area contributed by atoms with Crippen molar-refractivity contribution in [1.82, 2.24) is 19.9 Å². The smallest absolute Gasteiger partial charge is 0.273 e. The van der Waals surface area contributed by atoms with E-state index in [0.717, 1.165) is 31.3 Å².